The summed E-state index contributed by atoms with van der Waals surface area (Å²) in [5.74, 6) is 0. The molecular weight excluding hydrogens is 322 g/mol. The van der Waals surface area contributed by atoms with Gasteiger partial charge in [0.2, 0.25) is 0 Å². The Balaban J connectivity index is 1.72. The molecule has 5 N–H and O–H groups in total. The Labute approximate surface area is 138 Å². The van der Waals surface area contributed by atoms with Gasteiger partial charge in [0.1, 0.15) is 37.8 Å². The van der Waals surface area contributed by atoms with Gasteiger partial charge in [-0.25, -0.2) is 4.79 Å². The molecular formula is C15H21NO8. The van der Waals surface area contributed by atoms with E-state index in [4.69, 9.17) is 19.3 Å². The van der Waals surface area contributed by atoms with E-state index in [0.29, 0.717) is 0 Å². The molecule has 1 saturated heterocycles. The number of aliphatic hydroxyl groups excluding tert-OH is 4. The van der Waals surface area contributed by atoms with Crippen LogP contribution in [0.3, 0.4) is 0 Å². The van der Waals surface area contributed by atoms with Crippen molar-refractivity contribution in [3.63, 3.8) is 0 Å². The van der Waals surface area contributed by atoms with Gasteiger partial charge in [0, 0.05) is 0 Å². The Kier molecular flexibility index (Phi) is 6.91. The minimum atomic E-state index is -1.55. The molecule has 1 aromatic carbocycles. The molecule has 0 bridgehead atoms. The van der Waals surface area contributed by atoms with Gasteiger partial charge in [0.15, 0.2) is 6.29 Å². The lowest BCUT2D eigenvalue weighted by Crippen LogP contribution is -2.59. The summed E-state index contributed by atoms with van der Waals surface area (Å²) < 4.78 is 15.0. The summed E-state index contributed by atoms with van der Waals surface area (Å²) in [6.45, 7) is -0.848. The Morgan fingerprint density at radius 2 is 1.88 bits per heavy atom. The third-order valence-corrected chi connectivity index (χ3v) is 3.55. The van der Waals surface area contributed by atoms with Gasteiger partial charge in [-0.2, -0.15) is 0 Å². The lowest BCUT2D eigenvalue weighted by Gasteiger charge is -2.39. The maximum atomic E-state index is 11.5. The largest absolute Gasteiger partial charge is 0.445 e. The highest BCUT2D eigenvalue weighted by Crippen LogP contribution is 2.21. The second-order valence-electron chi connectivity index (χ2n) is 5.24. The molecule has 0 saturated carbocycles. The Hall–Kier alpha value is -1.75. The zero-order valence-corrected chi connectivity index (χ0v) is 12.8. The van der Waals surface area contributed by atoms with Crippen molar-refractivity contribution in [2.45, 2.75) is 37.3 Å². The monoisotopic (exact) mass is 343 g/mol. The summed E-state index contributed by atoms with van der Waals surface area (Å²) in [4.78, 5) is 11.5. The summed E-state index contributed by atoms with van der Waals surface area (Å²) >= 11 is 0. The van der Waals surface area contributed by atoms with Crippen molar-refractivity contribution in [2.24, 2.45) is 0 Å². The lowest BCUT2D eigenvalue weighted by molar-refractivity contribution is -0.296. The van der Waals surface area contributed by atoms with Crippen LogP contribution in [0, 0.1) is 0 Å². The quantitative estimate of drug-likeness (QED) is 0.401. The first-order valence-corrected chi connectivity index (χ1v) is 7.39. The fourth-order valence-electron chi connectivity index (χ4n) is 2.22. The smallest absolute Gasteiger partial charge is 0.409 e. The summed E-state index contributed by atoms with van der Waals surface area (Å²) in [6.07, 6.45) is -7.59. The SMILES string of the molecule is O=C(NCO[C@@H]1[C@@H](O)[C@H](O)[C@@H](CO)O[C@H]1O)OCc1ccccc1. The van der Waals surface area contributed by atoms with Gasteiger partial charge in [-0.15, -0.1) is 0 Å². The highest BCUT2D eigenvalue weighted by molar-refractivity contribution is 5.66. The summed E-state index contributed by atoms with van der Waals surface area (Å²) in [5.41, 5.74) is 0.818. The first-order chi connectivity index (χ1) is 11.5. The second kappa shape index (κ2) is 8.92. The topological polar surface area (TPSA) is 138 Å². The zero-order valence-electron chi connectivity index (χ0n) is 12.8. The molecule has 9 heteroatoms. The highest BCUT2D eigenvalue weighted by Gasteiger charge is 2.44. The molecule has 1 fully saturated rings. The molecule has 0 radical (unpaired) electrons. The molecule has 1 amide bonds. The van der Waals surface area contributed by atoms with Gasteiger partial charge in [0.05, 0.1) is 6.61 Å². The van der Waals surface area contributed by atoms with Crippen LogP contribution < -0.4 is 5.32 Å². The Bertz CT molecular complexity index is 513. The van der Waals surface area contributed by atoms with Crippen molar-refractivity contribution in [2.75, 3.05) is 13.3 Å². The third-order valence-electron chi connectivity index (χ3n) is 3.55. The number of hydrogen-bond acceptors (Lipinski definition) is 8. The standard InChI is InChI=1S/C15H21NO8/c17-6-10-11(18)12(19)13(14(20)24-10)23-8-16-15(21)22-7-9-4-2-1-3-5-9/h1-5,10-14,17-20H,6-8H2,(H,16,21)/t10-,11-,12+,13-,14-/m1/s1. The highest BCUT2D eigenvalue weighted by atomic mass is 16.7. The van der Waals surface area contributed by atoms with Crippen molar-refractivity contribution in [3.8, 4) is 0 Å². The Morgan fingerprint density at radius 1 is 1.17 bits per heavy atom. The molecule has 0 spiro atoms. The van der Waals surface area contributed by atoms with Crippen LogP contribution in [0.2, 0.25) is 0 Å². The lowest BCUT2D eigenvalue weighted by atomic mass is 9.99. The number of nitrogens with one attached hydrogen (secondary N) is 1. The van der Waals surface area contributed by atoms with Gasteiger partial charge in [-0.3, -0.25) is 5.32 Å². The van der Waals surface area contributed by atoms with Crippen molar-refractivity contribution < 1.29 is 39.4 Å². The van der Waals surface area contributed by atoms with Crippen molar-refractivity contribution in [1.29, 1.82) is 0 Å². The molecule has 1 aliphatic heterocycles. The van der Waals surface area contributed by atoms with E-state index in [0.717, 1.165) is 5.56 Å². The van der Waals surface area contributed by atoms with Crippen LogP contribution in [0.5, 0.6) is 0 Å². The number of ether oxygens (including phenoxy) is 3. The maximum absolute atomic E-state index is 11.5. The minimum Gasteiger partial charge on any atom is -0.445 e. The van der Waals surface area contributed by atoms with Crippen LogP contribution >= 0.6 is 0 Å². The van der Waals surface area contributed by atoms with E-state index in [1.165, 1.54) is 0 Å². The number of hydrogen-bond donors (Lipinski definition) is 5. The average Bonchev–Trinajstić information content (AvgIpc) is 2.60. The van der Waals surface area contributed by atoms with Gasteiger partial charge >= 0.3 is 6.09 Å². The van der Waals surface area contributed by atoms with E-state index in [2.05, 4.69) is 5.32 Å². The summed E-state index contributed by atoms with van der Waals surface area (Å²) in [6, 6.07) is 9.08. The molecule has 24 heavy (non-hydrogen) atoms. The van der Waals surface area contributed by atoms with Crippen molar-refractivity contribution in [1.82, 2.24) is 5.32 Å². The van der Waals surface area contributed by atoms with Crippen LogP contribution in [-0.2, 0) is 20.8 Å². The minimum absolute atomic E-state index is 0.0847. The van der Waals surface area contributed by atoms with Gasteiger partial charge in [0.25, 0.3) is 0 Å². The average molecular weight is 343 g/mol. The molecule has 5 atom stereocenters. The first kappa shape index (κ1) is 18.6. The normalized spacial score (nSPS) is 29.9. The fourth-order valence-corrected chi connectivity index (χ4v) is 2.22. The molecule has 0 unspecified atom stereocenters. The molecule has 0 aliphatic carbocycles. The molecule has 1 aromatic rings. The molecule has 134 valence electrons. The van der Waals surface area contributed by atoms with Crippen molar-refractivity contribution >= 4 is 6.09 Å². The van der Waals surface area contributed by atoms with Gasteiger partial charge in [-0.1, -0.05) is 30.3 Å². The van der Waals surface area contributed by atoms with Gasteiger partial charge < -0.3 is 34.6 Å². The number of carbonyl (C=O) groups is 1. The van der Waals surface area contributed by atoms with E-state index >= 15 is 0 Å². The number of carbonyl (C=O) groups excluding carboxylic acids is 1. The number of rotatable bonds is 6. The van der Waals surface area contributed by atoms with Crippen LogP contribution in [0.25, 0.3) is 0 Å². The maximum Gasteiger partial charge on any atom is 0.409 e. The second-order valence-corrected chi connectivity index (χ2v) is 5.24. The van der Waals surface area contributed by atoms with E-state index in [1.54, 1.807) is 12.1 Å². The zero-order chi connectivity index (χ0) is 17.5. The summed E-state index contributed by atoms with van der Waals surface area (Å²) in [7, 11) is 0. The number of alkyl carbamates (subject to hydrolysis) is 1. The van der Waals surface area contributed by atoms with E-state index in [1.807, 2.05) is 18.2 Å². The Morgan fingerprint density at radius 3 is 2.54 bits per heavy atom. The van der Waals surface area contributed by atoms with Gasteiger partial charge in [-0.05, 0) is 5.56 Å². The number of aliphatic hydroxyl groups is 4. The fraction of sp³-hybridized carbons (Fsp3) is 0.533. The van der Waals surface area contributed by atoms with E-state index in [-0.39, 0.29) is 13.3 Å². The van der Waals surface area contributed by atoms with E-state index < -0.39 is 43.4 Å². The predicted molar refractivity (Wildman–Crippen MR) is 79.5 cm³/mol. The van der Waals surface area contributed by atoms with E-state index in [9.17, 15) is 20.1 Å². The molecule has 1 heterocycles. The van der Waals surface area contributed by atoms with Crippen LogP contribution in [0.1, 0.15) is 5.56 Å². The van der Waals surface area contributed by atoms with Crippen molar-refractivity contribution in [3.05, 3.63) is 35.9 Å². The molecule has 2 rings (SSSR count). The first-order valence-electron chi connectivity index (χ1n) is 7.39. The van der Waals surface area contributed by atoms with Crippen LogP contribution in [0.4, 0.5) is 4.79 Å². The number of benzene rings is 1. The summed E-state index contributed by atoms with van der Waals surface area (Å²) in [5, 5.41) is 40.5. The molecule has 1 aliphatic rings. The third kappa shape index (κ3) is 4.87. The predicted octanol–water partition coefficient (Wildman–Crippen LogP) is -1.31. The van der Waals surface area contributed by atoms with Crippen LogP contribution in [-0.4, -0.2) is 70.6 Å². The molecule has 0 aromatic heterocycles. The molecule has 9 nitrogen and oxygen atoms in total. The number of amides is 1. The van der Waals surface area contributed by atoms with Crippen LogP contribution in [0.15, 0.2) is 30.3 Å².